The summed E-state index contributed by atoms with van der Waals surface area (Å²) in [7, 11) is 0. The molecule has 0 fully saturated rings. The first-order chi connectivity index (χ1) is 16.5. The fourth-order valence-electron chi connectivity index (χ4n) is 3.29. The number of rotatable bonds is 7. The molecule has 2 N–H and O–H groups in total. The van der Waals surface area contributed by atoms with Gasteiger partial charge in [0.2, 0.25) is 0 Å². The Balaban J connectivity index is 1.46. The Morgan fingerprint density at radius 1 is 1.03 bits per heavy atom. The highest BCUT2D eigenvalue weighted by Crippen LogP contribution is 2.23. The van der Waals surface area contributed by atoms with Crippen molar-refractivity contribution in [1.29, 1.82) is 0 Å². The molecule has 1 aromatic heterocycles. The molecule has 1 heterocycles. The van der Waals surface area contributed by atoms with E-state index in [0.717, 1.165) is 11.3 Å². The van der Waals surface area contributed by atoms with Crippen LogP contribution in [0.3, 0.4) is 0 Å². The maximum Gasteiger partial charge on any atom is 0.259 e. The molecule has 4 rings (SSSR count). The van der Waals surface area contributed by atoms with Crippen LogP contribution in [-0.2, 0) is 4.79 Å². The number of nitrogens with zero attached hydrogens (tertiary/aromatic N) is 3. The summed E-state index contributed by atoms with van der Waals surface area (Å²) in [5.41, 5.74) is 6.59. The Hall–Kier alpha value is -4.59. The zero-order chi connectivity index (χ0) is 23.9. The molecule has 0 saturated carbocycles. The Morgan fingerprint density at radius 2 is 1.79 bits per heavy atom. The molecule has 34 heavy (non-hydrogen) atoms. The summed E-state index contributed by atoms with van der Waals surface area (Å²) in [5.74, 6) is -1.16. The molecule has 8 heteroatoms. The van der Waals surface area contributed by atoms with E-state index in [1.165, 1.54) is 18.3 Å². The normalized spacial score (nSPS) is 10.9. The number of nitrogens with one attached hydrogen (secondary N) is 2. The van der Waals surface area contributed by atoms with Crippen LogP contribution in [0, 0.1) is 12.7 Å². The van der Waals surface area contributed by atoms with Crippen molar-refractivity contribution < 1.29 is 14.0 Å². The predicted molar refractivity (Wildman–Crippen MR) is 128 cm³/mol. The van der Waals surface area contributed by atoms with E-state index in [2.05, 4.69) is 20.9 Å². The van der Waals surface area contributed by atoms with Gasteiger partial charge >= 0.3 is 0 Å². The molecule has 0 spiro atoms. The summed E-state index contributed by atoms with van der Waals surface area (Å²) >= 11 is 0. The van der Waals surface area contributed by atoms with Crippen LogP contribution in [-0.4, -0.2) is 34.4 Å². The van der Waals surface area contributed by atoms with E-state index in [4.69, 9.17) is 0 Å². The minimum absolute atomic E-state index is 0.224. The molecule has 0 bridgehead atoms. The molecule has 3 aromatic carbocycles. The Labute approximate surface area is 195 Å². The number of carbonyl (C=O) groups is 2. The Kier molecular flexibility index (Phi) is 6.88. The van der Waals surface area contributed by atoms with Gasteiger partial charge in [0.1, 0.15) is 11.5 Å². The SMILES string of the molecule is Cc1cccc(C(=O)NCC(=O)NN=Cc2cn(-c3ccccc3)nc2-c2ccc(F)cc2)c1. The lowest BCUT2D eigenvalue weighted by atomic mass is 10.1. The number of hydrazone groups is 1. The Morgan fingerprint density at radius 3 is 2.53 bits per heavy atom. The monoisotopic (exact) mass is 455 g/mol. The standard InChI is InChI=1S/C26H22FN5O2/c1-18-6-5-7-20(14-18)26(34)28-16-24(33)30-29-15-21-17-32(23-8-3-2-4-9-23)31-25(21)19-10-12-22(27)13-11-19/h2-15,17H,16H2,1H3,(H,28,34)(H,30,33). The first kappa shape index (κ1) is 22.6. The number of halogens is 1. The summed E-state index contributed by atoms with van der Waals surface area (Å²) in [5, 5.41) is 11.2. The van der Waals surface area contributed by atoms with Crippen molar-refractivity contribution in [1.82, 2.24) is 20.5 Å². The quantitative estimate of drug-likeness (QED) is 0.328. The van der Waals surface area contributed by atoms with Gasteiger partial charge in [0, 0.05) is 22.9 Å². The highest BCUT2D eigenvalue weighted by Gasteiger charge is 2.12. The van der Waals surface area contributed by atoms with Crippen LogP contribution >= 0.6 is 0 Å². The second-order valence-corrected chi connectivity index (χ2v) is 7.57. The minimum Gasteiger partial charge on any atom is -0.343 e. The van der Waals surface area contributed by atoms with Crippen LogP contribution in [0.25, 0.3) is 16.9 Å². The van der Waals surface area contributed by atoms with Crippen LogP contribution in [0.5, 0.6) is 0 Å². The maximum atomic E-state index is 13.4. The third kappa shape index (κ3) is 5.60. The van der Waals surface area contributed by atoms with Crippen LogP contribution < -0.4 is 10.7 Å². The zero-order valence-corrected chi connectivity index (χ0v) is 18.4. The van der Waals surface area contributed by atoms with Gasteiger partial charge in [0.05, 0.1) is 18.4 Å². The summed E-state index contributed by atoms with van der Waals surface area (Å²) in [6.45, 7) is 1.66. The van der Waals surface area contributed by atoms with E-state index in [1.54, 1.807) is 41.2 Å². The van der Waals surface area contributed by atoms with Gasteiger partial charge in [-0.2, -0.15) is 10.2 Å². The molecule has 0 aliphatic heterocycles. The molecule has 0 saturated heterocycles. The first-order valence-electron chi connectivity index (χ1n) is 10.6. The van der Waals surface area contributed by atoms with Gasteiger partial charge in [-0.1, -0.05) is 35.9 Å². The van der Waals surface area contributed by atoms with Gasteiger partial charge in [-0.15, -0.1) is 0 Å². The topological polar surface area (TPSA) is 88.4 Å². The fourth-order valence-corrected chi connectivity index (χ4v) is 3.29. The van der Waals surface area contributed by atoms with E-state index >= 15 is 0 Å². The minimum atomic E-state index is -0.476. The zero-order valence-electron chi connectivity index (χ0n) is 18.4. The number of carbonyl (C=O) groups excluding carboxylic acids is 2. The summed E-state index contributed by atoms with van der Waals surface area (Å²) in [6.07, 6.45) is 3.23. The average Bonchev–Trinajstić information content (AvgIpc) is 3.27. The van der Waals surface area contributed by atoms with Gasteiger partial charge in [-0.25, -0.2) is 14.5 Å². The molecule has 4 aromatic rings. The molecule has 170 valence electrons. The number of amides is 2. The van der Waals surface area contributed by atoms with Crippen LogP contribution in [0.15, 0.2) is 90.2 Å². The second kappa shape index (κ2) is 10.4. The number of aryl methyl sites for hydroxylation is 1. The smallest absolute Gasteiger partial charge is 0.259 e. The summed E-state index contributed by atoms with van der Waals surface area (Å²) < 4.78 is 15.1. The molecule has 0 radical (unpaired) electrons. The van der Waals surface area contributed by atoms with Crippen molar-refractivity contribution in [2.24, 2.45) is 5.10 Å². The summed E-state index contributed by atoms with van der Waals surface area (Å²) in [4.78, 5) is 24.3. The van der Waals surface area contributed by atoms with Gasteiger partial charge < -0.3 is 5.32 Å². The summed E-state index contributed by atoms with van der Waals surface area (Å²) in [6, 6.07) is 22.6. The molecule has 0 aliphatic rings. The first-order valence-corrected chi connectivity index (χ1v) is 10.6. The van der Waals surface area contributed by atoms with Crippen molar-refractivity contribution >= 4 is 18.0 Å². The predicted octanol–water partition coefficient (Wildman–Crippen LogP) is 3.87. The number of aromatic nitrogens is 2. The largest absolute Gasteiger partial charge is 0.343 e. The second-order valence-electron chi connectivity index (χ2n) is 7.57. The van der Waals surface area contributed by atoms with Crippen molar-refractivity contribution in [3.8, 4) is 16.9 Å². The highest BCUT2D eigenvalue weighted by molar-refractivity contribution is 5.96. The lowest BCUT2D eigenvalue weighted by Crippen LogP contribution is -2.34. The van der Waals surface area contributed by atoms with Crippen LogP contribution in [0.2, 0.25) is 0 Å². The van der Waals surface area contributed by atoms with Crippen LogP contribution in [0.4, 0.5) is 4.39 Å². The third-order valence-corrected chi connectivity index (χ3v) is 4.96. The highest BCUT2D eigenvalue weighted by atomic mass is 19.1. The molecular weight excluding hydrogens is 433 g/mol. The van der Waals surface area contributed by atoms with E-state index in [1.807, 2.05) is 43.3 Å². The third-order valence-electron chi connectivity index (χ3n) is 4.96. The fraction of sp³-hybridized carbons (Fsp3) is 0.0769. The number of hydrogen-bond acceptors (Lipinski definition) is 4. The van der Waals surface area contributed by atoms with Crippen molar-refractivity contribution in [3.63, 3.8) is 0 Å². The van der Waals surface area contributed by atoms with E-state index in [9.17, 15) is 14.0 Å². The Bertz CT molecular complexity index is 1330. The molecule has 7 nitrogen and oxygen atoms in total. The maximum absolute atomic E-state index is 13.4. The van der Waals surface area contributed by atoms with E-state index in [-0.39, 0.29) is 18.3 Å². The molecule has 0 atom stereocenters. The molecule has 0 unspecified atom stereocenters. The van der Waals surface area contributed by atoms with Crippen molar-refractivity contribution in [2.75, 3.05) is 6.54 Å². The van der Waals surface area contributed by atoms with Gasteiger partial charge in [0.25, 0.3) is 11.8 Å². The molecular formula is C26H22FN5O2. The van der Waals surface area contributed by atoms with E-state index in [0.29, 0.717) is 22.4 Å². The van der Waals surface area contributed by atoms with Crippen molar-refractivity contribution in [2.45, 2.75) is 6.92 Å². The number of benzene rings is 3. The number of hydrogen-bond donors (Lipinski definition) is 2. The molecule has 2 amide bonds. The van der Waals surface area contributed by atoms with Gasteiger partial charge in [0.15, 0.2) is 0 Å². The van der Waals surface area contributed by atoms with Crippen LogP contribution in [0.1, 0.15) is 21.5 Å². The molecule has 0 aliphatic carbocycles. The lowest BCUT2D eigenvalue weighted by molar-refractivity contribution is -0.120. The van der Waals surface area contributed by atoms with Crippen molar-refractivity contribution in [3.05, 3.63) is 108 Å². The van der Waals surface area contributed by atoms with E-state index < -0.39 is 5.91 Å². The van der Waals surface area contributed by atoms with Gasteiger partial charge in [-0.05, 0) is 55.5 Å². The lowest BCUT2D eigenvalue weighted by Gasteiger charge is -2.05. The van der Waals surface area contributed by atoms with Gasteiger partial charge in [-0.3, -0.25) is 9.59 Å². The number of para-hydroxylation sites is 1. The average molecular weight is 455 g/mol.